The first-order valence-electron chi connectivity index (χ1n) is 10.4. The number of aliphatic hydroxyl groups is 3. The van der Waals surface area contributed by atoms with Gasteiger partial charge in [0.05, 0.1) is 11.5 Å². The Hall–Kier alpha value is -1.57. The molecule has 0 unspecified atom stereocenters. The number of esters is 1. The van der Waals surface area contributed by atoms with Crippen molar-refractivity contribution in [3.05, 3.63) is 11.1 Å². The van der Waals surface area contributed by atoms with E-state index in [0.29, 0.717) is 19.3 Å². The molecule has 0 amide bonds. The number of carbonyl (C=O) groups is 3. The highest BCUT2D eigenvalue weighted by atomic mass is 16.5. The van der Waals surface area contributed by atoms with Gasteiger partial charge in [-0.2, -0.15) is 0 Å². The van der Waals surface area contributed by atoms with Crippen LogP contribution in [0.25, 0.3) is 0 Å². The summed E-state index contributed by atoms with van der Waals surface area (Å²) < 4.78 is 5.50. The smallest absolute Gasteiger partial charge is 0.302 e. The van der Waals surface area contributed by atoms with Crippen molar-refractivity contribution in [2.75, 3.05) is 0 Å². The number of hydrogen-bond donors (Lipinski definition) is 3. The summed E-state index contributed by atoms with van der Waals surface area (Å²) >= 11 is 0. The number of aliphatic hydroxyl groups excluding tert-OH is 3. The predicted octanol–water partition coefficient (Wildman–Crippen LogP) is 0.931. The SMILES string of the molecule is CC(=O)O[C@@H]1CC[C@]2(C)C3=C(C(=O)[C@]4(C[C@@H]4C)[C@@H](O)C3=O)[C@H](O)[C@@H](O)[C@H]2C1(C)C. The first kappa shape index (κ1) is 20.7. The van der Waals surface area contributed by atoms with Gasteiger partial charge in [0.2, 0.25) is 0 Å². The third kappa shape index (κ3) is 2.38. The maximum atomic E-state index is 13.4. The summed E-state index contributed by atoms with van der Waals surface area (Å²) in [4.78, 5) is 38.3. The quantitative estimate of drug-likeness (QED) is 0.554. The molecule has 7 heteroatoms. The van der Waals surface area contributed by atoms with Crippen LogP contribution in [0, 0.1) is 28.1 Å². The molecule has 3 N–H and O–H groups in total. The molecule has 160 valence electrons. The van der Waals surface area contributed by atoms with Gasteiger partial charge in [0, 0.05) is 34.8 Å². The summed E-state index contributed by atoms with van der Waals surface area (Å²) in [6.45, 7) is 8.65. The Balaban J connectivity index is 1.88. The maximum Gasteiger partial charge on any atom is 0.302 e. The molecule has 4 rings (SSSR count). The zero-order valence-corrected chi connectivity index (χ0v) is 17.6. The van der Waals surface area contributed by atoms with E-state index in [2.05, 4.69) is 0 Å². The second-order valence-electron chi connectivity index (χ2n) is 10.3. The highest BCUT2D eigenvalue weighted by molar-refractivity contribution is 6.19. The normalized spacial score (nSPS) is 48.3. The molecule has 7 nitrogen and oxygen atoms in total. The van der Waals surface area contributed by atoms with Crippen LogP contribution in [0.1, 0.15) is 53.9 Å². The van der Waals surface area contributed by atoms with Crippen LogP contribution in [0.3, 0.4) is 0 Å². The third-order valence-electron chi connectivity index (χ3n) is 8.37. The lowest BCUT2D eigenvalue weighted by Crippen LogP contribution is -2.65. The Kier molecular flexibility index (Phi) is 4.27. The van der Waals surface area contributed by atoms with Crippen molar-refractivity contribution in [1.82, 2.24) is 0 Å². The molecule has 0 radical (unpaired) electrons. The fourth-order valence-corrected chi connectivity index (χ4v) is 6.85. The van der Waals surface area contributed by atoms with Gasteiger partial charge in [-0.25, -0.2) is 0 Å². The van der Waals surface area contributed by atoms with Crippen LogP contribution in [-0.2, 0) is 19.1 Å². The van der Waals surface area contributed by atoms with Crippen molar-refractivity contribution in [1.29, 1.82) is 0 Å². The average Bonchev–Trinajstić information content (AvgIpc) is 3.29. The molecule has 0 aromatic heterocycles. The van der Waals surface area contributed by atoms with Crippen LogP contribution in [0.15, 0.2) is 11.1 Å². The van der Waals surface area contributed by atoms with Crippen LogP contribution >= 0.6 is 0 Å². The maximum absolute atomic E-state index is 13.4. The molecule has 0 aromatic carbocycles. The van der Waals surface area contributed by atoms with Crippen molar-refractivity contribution < 1.29 is 34.4 Å². The average molecular weight is 406 g/mol. The minimum absolute atomic E-state index is 0.0161. The Morgan fingerprint density at radius 3 is 2.24 bits per heavy atom. The minimum atomic E-state index is -1.51. The van der Waals surface area contributed by atoms with Crippen molar-refractivity contribution >= 4 is 17.5 Å². The molecule has 29 heavy (non-hydrogen) atoms. The molecule has 0 saturated heterocycles. The zero-order chi connectivity index (χ0) is 21.7. The summed E-state index contributed by atoms with van der Waals surface area (Å²) in [6, 6.07) is 0. The topological polar surface area (TPSA) is 121 Å². The van der Waals surface area contributed by atoms with Crippen LogP contribution in [0.4, 0.5) is 0 Å². The highest BCUT2D eigenvalue weighted by Gasteiger charge is 2.72. The van der Waals surface area contributed by atoms with Crippen LogP contribution < -0.4 is 0 Å². The van der Waals surface area contributed by atoms with E-state index in [0.717, 1.165) is 0 Å². The van der Waals surface area contributed by atoms with E-state index in [9.17, 15) is 29.7 Å². The van der Waals surface area contributed by atoms with Gasteiger partial charge < -0.3 is 20.1 Å². The second-order valence-corrected chi connectivity index (χ2v) is 10.3. The summed E-state index contributed by atoms with van der Waals surface area (Å²) in [5, 5.41) is 32.9. The number of carbonyl (C=O) groups excluding carboxylic acids is 3. The first-order valence-corrected chi connectivity index (χ1v) is 10.4. The lowest BCUT2D eigenvalue weighted by atomic mass is 9.46. The monoisotopic (exact) mass is 406 g/mol. The first-order chi connectivity index (χ1) is 13.3. The molecule has 1 spiro atoms. The van der Waals surface area contributed by atoms with E-state index in [1.807, 2.05) is 27.7 Å². The molecule has 0 bridgehead atoms. The number of ether oxygens (including phenoxy) is 1. The van der Waals surface area contributed by atoms with Gasteiger partial charge >= 0.3 is 5.97 Å². The highest BCUT2D eigenvalue weighted by Crippen LogP contribution is 2.66. The Bertz CT molecular complexity index is 842. The molecule has 8 atom stereocenters. The van der Waals surface area contributed by atoms with E-state index in [1.54, 1.807) is 0 Å². The van der Waals surface area contributed by atoms with Gasteiger partial charge in [0.25, 0.3) is 0 Å². The summed E-state index contributed by atoms with van der Waals surface area (Å²) in [7, 11) is 0. The molecule has 2 saturated carbocycles. The fourth-order valence-electron chi connectivity index (χ4n) is 6.85. The number of Topliss-reactive ketones (excluding diaryl/α,β-unsaturated/α-hetero) is 2. The van der Waals surface area contributed by atoms with Crippen molar-refractivity contribution in [3.63, 3.8) is 0 Å². The molecule has 4 aliphatic rings. The van der Waals surface area contributed by atoms with E-state index in [-0.39, 0.29) is 17.1 Å². The van der Waals surface area contributed by atoms with E-state index < -0.39 is 64.1 Å². The standard InChI is InChI=1S/C22H30O7/c1-9-8-22(9)18(27)12-13(15(25)19(22)28)21(5)7-6-11(29-10(2)23)20(3,4)17(21)16(26)14(12)24/h9,11,14,16-17,19,24,26,28H,6-8H2,1-5H3/t9-,11+,14-,16+,17-,19-,21+,22+/m0/s1. The number of hydrogen-bond acceptors (Lipinski definition) is 7. The number of fused-ring (bicyclic) bond motifs is 2. The van der Waals surface area contributed by atoms with Crippen LogP contribution in [0.2, 0.25) is 0 Å². The second kappa shape index (κ2) is 5.99. The Labute approximate surface area is 170 Å². The van der Waals surface area contributed by atoms with Gasteiger partial charge in [0.15, 0.2) is 11.6 Å². The Morgan fingerprint density at radius 2 is 1.72 bits per heavy atom. The largest absolute Gasteiger partial charge is 0.462 e. The lowest BCUT2D eigenvalue weighted by molar-refractivity contribution is -0.188. The van der Waals surface area contributed by atoms with Gasteiger partial charge in [-0.3, -0.25) is 14.4 Å². The third-order valence-corrected chi connectivity index (χ3v) is 8.37. The van der Waals surface area contributed by atoms with Crippen LogP contribution in [-0.4, -0.2) is 57.3 Å². The van der Waals surface area contributed by atoms with E-state index in [1.165, 1.54) is 6.92 Å². The van der Waals surface area contributed by atoms with E-state index >= 15 is 0 Å². The molecule has 0 heterocycles. The molecular weight excluding hydrogens is 376 g/mol. The van der Waals surface area contributed by atoms with Gasteiger partial charge in [-0.05, 0) is 25.2 Å². The molecule has 4 aliphatic carbocycles. The molecule has 0 aromatic rings. The Morgan fingerprint density at radius 1 is 1.14 bits per heavy atom. The lowest BCUT2D eigenvalue weighted by Gasteiger charge is -2.60. The van der Waals surface area contributed by atoms with Crippen molar-refractivity contribution in [3.8, 4) is 0 Å². The molecule has 0 aliphatic heterocycles. The predicted molar refractivity (Wildman–Crippen MR) is 101 cm³/mol. The van der Waals surface area contributed by atoms with Gasteiger partial charge in [-0.1, -0.05) is 27.7 Å². The van der Waals surface area contributed by atoms with Crippen molar-refractivity contribution in [2.45, 2.75) is 78.3 Å². The summed E-state index contributed by atoms with van der Waals surface area (Å²) in [6.07, 6.45) is -3.45. The summed E-state index contributed by atoms with van der Waals surface area (Å²) in [5.41, 5.74) is -2.69. The van der Waals surface area contributed by atoms with E-state index in [4.69, 9.17) is 4.74 Å². The number of rotatable bonds is 1. The zero-order valence-electron chi connectivity index (χ0n) is 17.6. The minimum Gasteiger partial charge on any atom is -0.462 e. The summed E-state index contributed by atoms with van der Waals surface area (Å²) in [5.74, 6) is -2.12. The van der Waals surface area contributed by atoms with Crippen LogP contribution in [0.5, 0.6) is 0 Å². The molecular formula is C22H30O7. The van der Waals surface area contributed by atoms with Crippen molar-refractivity contribution in [2.24, 2.45) is 28.1 Å². The number of ketones is 2. The van der Waals surface area contributed by atoms with Gasteiger partial charge in [-0.15, -0.1) is 0 Å². The fraction of sp³-hybridized carbons (Fsp3) is 0.773. The van der Waals surface area contributed by atoms with Gasteiger partial charge in [0.1, 0.15) is 18.3 Å². The molecule has 2 fully saturated rings.